The van der Waals surface area contributed by atoms with E-state index >= 15 is 0 Å². The second-order valence-electron chi connectivity index (χ2n) is 9.22. The van der Waals surface area contributed by atoms with E-state index in [1.807, 2.05) is 36.4 Å². The summed E-state index contributed by atoms with van der Waals surface area (Å²) in [5.74, 6) is 0.405. The smallest absolute Gasteiger partial charge is 0.252 e. The van der Waals surface area contributed by atoms with Crippen molar-refractivity contribution in [2.24, 2.45) is 0 Å². The maximum absolute atomic E-state index is 13.3. The van der Waals surface area contributed by atoms with Crippen molar-refractivity contribution in [3.8, 4) is 0 Å². The number of hydrogen-bond donors (Lipinski definition) is 1. The third kappa shape index (κ3) is 6.16. The molecule has 0 bridgehead atoms. The number of nitrogens with zero attached hydrogens (tertiary/aromatic N) is 5. The van der Waals surface area contributed by atoms with E-state index in [1.165, 1.54) is 23.3 Å². The number of aromatic nitrogens is 5. The van der Waals surface area contributed by atoms with E-state index in [9.17, 15) is 9.18 Å². The summed E-state index contributed by atoms with van der Waals surface area (Å²) in [6, 6.07) is 24.7. The summed E-state index contributed by atoms with van der Waals surface area (Å²) in [6.45, 7) is 4.20. The zero-order valence-electron chi connectivity index (χ0n) is 20.8. The molecule has 0 fully saturated rings. The van der Waals surface area contributed by atoms with Gasteiger partial charge in [0.15, 0.2) is 5.82 Å². The summed E-state index contributed by atoms with van der Waals surface area (Å²) < 4.78 is 15.1. The molecule has 188 valence electrons. The van der Waals surface area contributed by atoms with E-state index in [0.29, 0.717) is 31.0 Å². The fraction of sp³-hybridized carbons (Fsp3) is 0.241. The molecule has 0 unspecified atom stereocenters. The SMILES string of the molecule is CCc1ccc2[nH]c(=O)c(CN(CCc3ccccc3)Cc3nnnn3Cc3ccc(F)cc3)cc2c1. The highest BCUT2D eigenvalue weighted by Gasteiger charge is 2.16. The zero-order chi connectivity index (χ0) is 25.6. The monoisotopic (exact) mass is 496 g/mol. The van der Waals surface area contributed by atoms with Gasteiger partial charge in [0.1, 0.15) is 5.82 Å². The molecule has 8 heteroatoms. The van der Waals surface area contributed by atoms with Crippen molar-refractivity contribution in [3.05, 3.63) is 123 Å². The molecular formula is C29H29FN6O. The highest BCUT2D eigenvalue weighted by atomic mass is 19.1. The number of halogens is 1. The highest BCUT2D eigenvalue weighted by molar-refractivity contribution is 5.79. The molecule has 0 aliphatic heterocycles. The molecule has 2 heterocycles. The van der Waals surface area contributed by atoms with Crippen LogP contribution < -0.4 is 5.56 Å². The molecule has 1 N–H and O–H groups in total. The number of hydrogen-bond acceptors (Lipinski definition) is 5. The number of pyridine rings is 1. The van der Waals surface area contributed by atoms with Crippen LogP contribution in [-0.4, -0.2) is 36.6 Å². The fourth-order valence-electron chi connectivity index (χ4n) is 4.45. The van der Waals surface area contributed by atoms with Crippen LogP contribution in [0.3, 0.4) is 0 Å². The molecule has 0 spiro atoms. The van der Waals surface area contributed by atoms with Crippen LogP contribution in [0, 0.1) is 5.82 Å². The van der Waals surface area contributed by atoms with Crippen LogP contribution in [0.2, 0.25) is 0 Å². The molecule has 0 saturated carbocycles. The van der Waals surface area contributed by atoms with Crippen molar-refractivity contribution in [2.75, 3.05) is 6.54 Å². The van der Waals surface area contributed by atoms with Crippen LogP contribution in [0.4, 0.5) is 4.39 Å². The predicted molar refractivity (Wildman–Crippen MR) is 142 cm³/mol. The van der Waals surface area contributed by atoms with Gasteiger partial charge in [0.25, 0.3) is 5.56 Å². The number of aromatic amines is 1. The van der Waals surface area contributed by atoms with Crippen molar-refractivity contribution < 1.29 is 4.39 Å². The molecule has 0 aliphatic rings. The molecular weight excluding hydrogens is 467 g/mol. The van der Waals surface area contributed by atoms with Crippen LogP contribution in [0.5, 0.6) is 0 Å². The van der Waals surface area contributed by atoms with Gasteiger partial charge in [0.2, 0.25) is 0 Å². The molecule has 7 nitrogen and oxygen atoms in total. The van der Waals surface area contributed by atoms with Crippen LogP contribution in [0.25, 0.3) is 10.9 Å². The lowest BCUT2D eigenvalue weighted by molar-refractivity contribution is 0.248. The van der Waals surface area contributed by atoms with Crippen molar-refractivity contribution in [2.45, 2.75) is 39.4 Å². The van der Waals surface area contributed by atoms with E-state index in [0.717, 1.165) is 35.9 Å². The first-order valence-electron chi connectivity index (χ1n) is 12.5. The molecule has 0 radical (unpaired) electrons. The normalized spacial score (nSPS) is 11.4. The molecule has 3 aromatic carbocycles. The maximum atomic E-state index is 13.3. The van der Waals surface area contributed by atoms with E-state index < -0.39 is 0 Å². The molecule has 0 atom stereocenters. The largest absolute Gasteiger partial charge is 0.322 e. The Labute approximate surface area is 214 Å². The minimum atomic E-state index is -0.278. The average Bonchev–Trinajstić information content (AvgIpc) is 3.35. The van der Waals surface area contributed by atoms with E-state index in [-0.39, 0.29) is 11.4 Å². The Morgan fingerprint density at radius 3 is 2.49 bits per heavy atom. The summed E-state index contributed by atoms with van der Waals surface area (Å²) in [4.78, 5) is 18.2. The van der Waals surface area contributed by atoms with Gasteiger partial charge in [0.05, 0.1) is 13.1 Å². The van der Waals surface area contributed by atoms with E-state index in [1.54, 1.807) is 16.8 Å². The molecule has 0 amide bonds. The average molecular weight is 497 g/mol. The number of tetrazole rings is 1. The minimum absolute atomic E-state index is 0.0904. The minimum Gasteiger partial charge on any atom is -0.322 e. The topological polar surface area (TPSA) is 79.7 Å². The van der Waals surface area contributed by atoms with Gasteiger partial charge >= 0.3 is 0 Å². The Bertz CT molecular complexity index is 1530. The molecule has 37 heavy (non-hydrogen) atoms. The Morgan fingerprint density at radius 2 is 1.70 bits per heavy atom. The van der Waals surface area contributed by atoms with Gasteiger partial charge < -0.3 is 4.98 Å². The van der Waals surface area contributed by atoms with Crippen molar-refractivity contribution in [1.29, 1.82) is 0 Å². The van der Waals surface area contributed by atoms with Gasteiger partial charge in [-0.25, -0.2) is 9.07 Å². The van der Waals surface area contributed by atoms with Gasteiger partial charge in [0, 0.05) is 24.2 Å². The van der Waals surface area contributed by atoms with Crippen molar-refractivity contribution in [1.82, 2.24) is 30.1 Å². The second-order valence-corrected chi connectivity index (χ2v) is 9.22. The lowest BCUT2D eigenvalue weighted by Crippen LogP contribution is -2.30. The van der Waals surface area contributed by atoms with Crippen LogP contribution in [0.15, 0.2) is 83.7 Å². The summed E-state index contributed by atoms with van der Waals surface area (Å²) in [5.41, 5.74) is 4.80. The molecule has 5 aromatic rings. The first-order chi connectivity index (χ1) is 18.1. The van der Waals surface area contributed by atoms with Crippen LogP contribution in [-0.2, 0) is 32.5 Å². The lowest BCUT2D eigenvalue weighted by atomic mass is 10.1. The van der Waals surface area contributed by atoms with Gasteiger partial charge in [-0.15, -0.1) is 5.10 Å². The Hall–Kier alpha value is -4.17. The number of H-pyrrole nitrogens is 1. The van der Waals surface area contributed by atoms with Crippen molar-refractivity contribution in [3.63, 3.8) is 0 Å². The summed E-state index contributed by atoms with van der Waals surface area (Å²) >= 11 is 0. The number of nitrogens with one attached hydrogen (secondary N) is 1. The Kier molecular flexibility index (Phi) is 7.46. The molecule has 0 saturated heterocycles. The predicted octanol–water partition coefficient (Wildman–Crippen LogP) is 4.51. The van der Waals surface area contributed by atoms with Crippen LogP contribution >= 0.6 is 0 Å². The summed E-state index contributed by atoms with van der Waals surface area (Å²) in [5, 5.41) is 13.3. The van der Waals surface area contributed by atoms with Crippen LogP contribution in [0.1, 0.15) is 35.0 Å². The van der Waals surface area contributed by atoms with Crippen molar-refractivity contribution >= 4 is 10.9 Å². The Morgan fingerprint density at radius 1 is 0.919 bits per heavy atom. The lowest BCUT2D eigenvalue weighted by Gasteiger charge is -2.22. The first kappa shape index (κ1) is 24.5. The number of rotatable bonds is 10. The van der Waals surface area contributed by atoms with Gasteiger partial charge in [-0.2, -0.15) is 0 Å². The molecule has 2 aromatic heterocycles. The third-order valence-corrected chi connectivity index (χ3v) is 6.56. The quantitative estimate of drug-likeness (QED) is 0.308. The van der Waals surface area contributed by atoms with Gasteiger partial charge in [-0.3, -0.25) is 9.69 Å². The zero-order valence-corrected chi connectivity index (χ0v) is 20.8. The third-order valence-electron chi connectivity index (χ3n) is 6.56. The van der Waals surface area contributed by atoms with E-state index in [2.05, 4.69) is 50.5 Å². The first-order valence-corrected chi connectivity index (χ1v) is 12.5. The molecule has 0 aliphatic carbocycles. The highest BCUT2D eigenvalue weighted by Crippen LogP contribution is 2.16. The number of benzene rings is 3. The maximum Gasteiger partial charge on any atom is 0.252 e. The van der Waals surface area contributed by atoms with Gasteiger partial charge in [-0.05, 0) is 75.7 Å². The standard InChI is InChI=1S/C29H29FN6O/c1-2-21-10-13-27-24(16-21)17-25(29(37)31-27)19-35(15-14-22-6-4-3-5-7-22)20-28-32-33-34-36(28)18-23-8-11-26(30)12-9-23/h3-13,16-17H,2,14-15,18-20H2,1H3,(H,31,37). The number of fused-ring (bicyclic) bond motifs is 1. The summed E-state index contributed by atoms with van der Waals surface area (Å²) in [6.07, 6.45) is 1.76. The van der Waals surface area contributed by atoms with Gasteiger partial charge in [-0.1, -0.05) is 55.5 Å². The number of aryl methyl sites for hydroxylation is 1. The second kappa shape index (κ2) is 11.3. The fourth-order valence-corrected chi connectivity index (χ4v) is 4.45. The van der Waals surface area contributed by atoms with E-state index in [4.69, 9.17) is 0 Å². The Balaban J connectivity index is 1.40. The molecule has 5 rings (SSSR count). The summed E-state index contributed by atoms with van der Waals surface area (Å²) in [7, 11) is 0.